The summed E-state index contributed by atoms with van der Waals surface area (Å²) in [6, 6.07) is 7.67. The van der Waals surface area contributed by atoms with Crippen LogP contribution in [0.5, 0.6) is 0 Å². The molecule has 13 heavy (non-hydrogen) atoms. The van der Waals surface area contributed by atoms with Crippen molar-refractivity contribution in [1.29, 1.82) is 0 Å². The molecule has 0 spiro atoms. The summed E-state index contributed by atoms with van der Waals surface area (Å²) >= 11 is 0. The average molecular weight is 180 g/mol. The fourth-order valence-corrected chi connectivity index (χ4v) is 0.922. The largest absolute Gasteiger partial charge is 0.399 e. The van der Waals surface area contributed by atoms with E-state index in [2.05, 4.69) is 12.4 Å². The van der Waals surface area contributed by atoms with E-state index >= 15 is 0 Å². The monoisotopic (exact) mass is 180 g/mol. The van der Waals surface area contributed by atoms with Gasteiger partial charge in [0.25, 0.3) is 0 Å². The van der Waals surface area contributed by atoms with E-state index < -0.39 is 0 Å². The van der Waals surface area contributed by atoms with Crippen molar-refractivity contribution in [3.63, 3.8) is 0 Å². The van der Waals surface area contributed by atoms with Crippen LogP contribution in [-0.2, 0) is 11.4 Å². The molecule has 0 saturated heterocycles. The molecule has 0 atom stereocenters. The lowest BCUT2D eigenvalue weighted by Crippen LogP contribution is -2.14. The number of hydrogen-bond donors (Lipinski definition) is 2. The molecule has 72 valence electrons. The number of rotatable bonds is 5. The molecule has 0 saturated carbocycles. The number of hydrogen-bond acceptors (Lipinski definition) is 3. The van der Waals surface area contributed by atoms with Gasteiger partial charge in [0.15, 0.2) is 0 Å². The van der Waals surface area contributed by atoms with Gasteiger partial charge in [0.1, 0.15) is 0 Å². The summed E-state index contributed by atoms with van der Waals surface area (Å²) in [7, 11) is 0. The Morgan fingerprint density at radius 2 is 2.00 bits per heavy atom. The second-order valence-corrected chi connectivity index (χ2v) is 2.92. The topological polar surface area (TPSA) is 47.3 Å². The molecule has 0 amide bonds. The van der Waals surface area contributed by atoms with Crippen LogP contribution in [0.4, 0.5) is 5.69 Å². The van der Waals surface area contributed by atoms with Gasteiger partial charge >= 0.3 is 0 Å². The highest BCUT2D eigenvalue weighted by molar-refractivity contribution is 5.38. The number of nitrogen functional groups attached to an aromatic ring is 1. The zero-order chi connectivity index (χ0) is 9.52. The molecular formula is C10H16N2O. The van der Waals surface area contributed by atoms with E-state index in [1.165, 1.54) is 0 Å². The average Bonchev–Trinajstić information content (AvgIpc) is 2.15. The van der Waals surface area contributed by atoms with Crippen LogP contribution in [0.1, 0.15) is 18.9 Å². The molecule has 0 aliphatic rings. The highest BCUT2D eigenvalue weighted by atomic mass is 16.6. The van der Waals surface area contributed by atoms with Crippen LogP contribution >= 0.6 is 0 Å². The van der Waals surface area contributed by atoms with Crippen LogP contribution in [0.2, 0.25) is 0 Å². The van der Waals surface area contributed by atoms with Crippen LogP contribution in [-0.4, -0.2) is 6.54 Å². The van der Waals surface area contributed by atoms with E-state index in [9.17, 15) is 0 Å². The first-order valence-corrected chi connectivity index (χ1v) is 4.52. The normalized spacial score (nSPS) is 10.2. The lowest BCUT2D eigenvalue weighted by atomic mass is 10.2. The van der Waals surface area contributed by atoms with Gasteiger partial charge in [0, 0.05) is 12.2 Å². The minimum atomic E-state index is 0.584. The lowest BCUT2D eigenvalue weighted by Gasteiger charge is -2.04. The number of anilines is 1. The predicted octanol–water partition coefficient (Wildman–Crippen LogP) is 1.70. The third kappa shape index (κ3) is 3.92. The van der Waals surface area contributed by atoms with Gasteiger partial charge in [-0.25, -0.2) is 5.48 Å². The van der Waals surface area contributed by atoms with Gasteiger partial charge < -0.3 is 5.73 Å². The Morgan fingerprint density at radius 1 is 1.31 bits per heavy atom. The summed E-state index contributed by atoms with van der Waals surface area (Å²) < 4.78 is 0. The van der Waals surface area contributed by atoms with E-state index in [0.29, 0.717) is 6.61 Å². The summed E-state index contributed by atoms with van der Waals surface area (Å²) in [6.45, 7) is 3.56. The number of hydroxylamine groups is 1. The van der Waals surface area contributed by atoms with E-state index in [-0.39, 0.29) is 0 Å². The predicted molar refractivity (Wildman–Crippen MR) is 53.9 cm³/mol. The van der Waals surface area contributed by atoms with Crippen molar-refractivity contribution in [2.24, 2.45) is 0 Å². The molecule has 1 aromatic rings. The Kier molecular flexibility index (Phi) is 4.29. The summed E-state index contributed by atoms with van der Waals surface area (Å²) in [5.41, 5.74) is 10.3. The molecule has 0 aliphatic carbocycles. The van der Waals surface area contributed by atoms with Crippen molar-refractivity contribution in [2.75, 3.05) is 12.3 Å². The van der Waals surface area contributed by atoms with Crippen LogP contribution in [0, 0.1) is 0 Å². The maximum absolute atomic E-state index is 5.55. The van der Waals surface area contributed by atoms with Gasteiger partial charge in [-0.3, -0.25) is 4.84 Å². The van der Waals surface area contributed by atoms with Crippen LogP contribution in [0.25, 0.3) is 0 Å². The smallest absolute Gasteiger partial charge is 0.0933 e. The van der Waals surface area contributed by atoms with E-state index in [0.717, 1.165) is 24.2 Å². The van der Waals surface area contributed by atoms with Crippen molar-refractivity contribution < 1.29 is 4.84 Å². The second kappa shape index (κ2) is 5.56. The fraction of sp³-hybridized carbons (Fsp3) is 0.400. The van der Waals surface area contributed by atoms with Gasteiger partial charge in [-0.15, -0.1) is 0 Å². The molecule has 0 radical (unpaired) electrons. The molecule has 0 unspecified atom stereocenters. The molecule has 3 nitrogen and oxygen atoms in total. The van der Waals surface area contributed by atoms with Crippen LogP contribution in [0.3, 0.4) is 0 Å². The molecule has 3 heteroatoms. The Morgan fingerprint density at radius 3 is 2.62 bits per heavy atom. The highest BCUT2D eigenvalue weighted by Gasteiger charge is 1.91. The van der Waals surface area contributed by atoms with Gasteiger partial charge in [-0.1, -0.05) is 19.1 Å². The minimum absolute atomic E-state index is 0.584. The maximum Gasteiger partial charge on any atom is 0.0933 e. The molecule has 3 N–H and O–H groups in total. The fourth-order valence-electron chi connectivity index (χ4n) is 0.922. The first-order chi connectivity index (χ1) is 6.33. The molecule has 1 aromatic carbocycles. The number of benzene rings is 1. The van der Waals surface area contributed by atoms with Crippen molar-refractivity contribution >= 4 is 5.69 Å². The summed E-state index contributed by atoms with van der Waals surface area (Å²) in [6.07, 6.45) is 1.07. The van der Waals surface area contributed by atoms with Gasteiger partial charge in [0.05, 0.1) is 6.61 Å². The van der Waals surface area contributed by atoms with Gasteiger partial charge in [0.2, 0.25) is 0 Å². The molecule has 0 bridgehead atoms. The van der Waals surface area contributed by atoms with Crippen LogP contribution in [0.15, 0.2) is 24.3 Å². The minimum Gasteiger partial charge on any atom is -0.399 e. The van der Waals surface area contributed by atoms with Crippen LogP contribution < -0.4 is 11.2 Å². The zero-order valence-corrected chi connectivity index (χ0v) is 7.92. The third-order valence-electron chi connectivity index (χ3n) is 1.67. The Hall–Kier alpha value is -1.06. The van der Waals surface area contributed by atoms with Gasteiger partial charge in [-0.2, -0.15) is 0 Å². The first kappa shape index (κ1) is 10.0. The molecule has 0 heterocycles. The zero-order valence-electron chi connectivity index (χ0n) is 7.92. The van der Waals surface area contributed by atoms with Gasteiger partial charge in [-0.05, 0) is 24.1 Å². The number of nitrogens with two attached hydrogens (primary N) is 1. The van der Waals surface area contributed by atoms with Crippen molar-refractivity contribution in [3.05, 3.63) is 29.8 Å². The molecule has 0 aromatic heterocycles. The molecular weight excluding hydrogens is 164 g/mol. The molecule has 1 rings (SSSR count). The quantitative estimate of drug-likeness (QED) is 0.412. The third-order valence-corrected chi connectivity index (χ3v) is 1.67. The highest BCUT2D eigenvalue weighted by Crippen LogP contribution is 2.05. The Labute approximate surface area is 78.8 Å². The SMILES string of the molecule is CCCNOCc1ccc(N)cc1. The molecule has 0 aliphatic heterocycles. The maximum atomic E-state index is 5.55. The number of nitrogens with one attached hydrogen (secondary N) is 1. The van der Waals surface area contributed by atoms with E-state index in [4.69, 9.17) is 10.6 Å². The van der Waals surface area contributed by atoms with E-state index in [1.807, 2.05) is 24.3 Å². The Bertz CT molecular complexity index is 233. The van der Waals surface area contributed by atoms with E-state index in [1.54, 1.807) is 0 Å². The summed E-state index contributed by atoms with van der Waals surface area (Å²) in [5, 5.41) is 0. The van der Waals surface area contributed by atoms with Crippen molar-refractivity contribution in [1.82, 2.24) is 5.48 Å². The summed E-state index contributed by atoms with van der Waals surface area (Å²) in [5.74, 6) is 0. The standard InChI is InChI=1S/C10H16N2O/c1-2-7-12-13-8-9-3-5-10(11)6-4-9/h3-6,12H,2,7-8,11H2,1H3. The lowest BCUT2D eigenvalue weighted by molar-refractivity contribution is 0.0283. The van der Waals surface area contributed by atoms with Crippen molar-refractivity contribution in [2.45, 2.75) is 20.0 Å². The summed E-state index contributed by atoms with van der Waals surface area (Å²) in [4.78, 5) is 5.21. The first-order valence-electron chi connectivity index (χ1n) is 4.52. The second-order valence-electron chi connectivity index (χ2n) is 2.92. The Balaban J connectivity index is 2.25. The van der Waals surface area contributed by atoms with Crippen molar-refractivity contribution in [3.8, 4) is 0 Å². The molecule has 0 fully saturated rings.